The van der Waals surface area contributed by atoms with Crippen LogP contribution in [0.1, 0.15) is 116 Å². The van der Waals surface area contributed by atoms with E-state index in [4.69, 9.17) is 4.43 Å². The lowest BCUT2D eigenvalue weighted by Gasteiger charge is -2.35. The molecule has 0 aliphatic heterocycles. The van der Waals surface area contributed by atoms with E-state index in [1.54, 1.807) is 0 Å². The molecule has 3 rings (SSSR count). The Balaban J connectivity index is 1.53. The van der Waals surface area contributed by atoms with Gasteiger partial charge in [0, 0.05) is 7.11 Å². The second kappa shape index (κ2) is 12.0. The molecule has 1 nitrogen and oxygen atoms in total. The molecule has 0 N–H and O–H groups in total. The first-order chi connectivity index (χ1) is 13.3. The molecule has 0 amide bonds. The molecule has 3 saturated carbocycles. The van der Waals surface area contributed by atoms with Crippen molar-refractivity contribution in [3.8, 4) is 0 Å². The van der Waals surface area contributed by atoms with E-state index in [0.717, 1.165) is 17.8 Å². The van der Waals surface area contributed by atoms with Gasteiger partial charge in [-0.1, -0.05) is 116 Å². The third-order valence-corrected chi connectivity index (χ3v) is 13.1. The molecule has 3 aliphatic carbocycles. The van der Waals surface area contributed by atoms with E-state index in [0.29, 0.717) is 0 Å². The van der Waals surface area contributed by atoms with Crippen molar-refractivity contribution in [1.82, 2.24) is 0 Å². The van der Waals surface area contributed by atoms with Gasteiger partial charge in [0.2, 0.25) is 0 Å². The van der Waals surface area contributed by atoms with Gasteiger partial charge >= 0.3 is 0 Å². The fourth-order valence-electron chi connectivity index (χ4n) is 6.51. The van der Waals surface area contributed by atoms with Crippen LogP contribution in [0.5, 0.6) is 0 Å². The second-order valence-corrected chi connectivity index (χ2v) is 14.8. The predicted molar refractivity (Wildman–Crippen MR) is 121 cm³/mol. The molecule has 2 heteroatoms. The van der Waals surface area contributed by atoms with Crippen molar-refractivity contribution in [1.29, 1.82) is 0 Å². The zero-order valence-corrected chi connectivity index (χ0v) is 19.5. The SMILES string of the molecule is CO[Si](CCC1CCCCC1)(CCC1CCCCC1)CCC1CCCCC1. The van der Waals surface area contributed by atoms with E-state index in [1.165, 1.54) is 134 Å². The summed E-state index contributed by atoms with van der Waals surface area (Å²) in [5, 5.41) is 0. The molecule has 0 aromatic rings. The first-order valence-corrected chi connectivity index (χ1v) is 15.4. The molecule has 0 radical (unpaired) electrons. The molecule has 0 aromatic heterocycles. The maximum absolute atomic E-state index is 6.55. The molecule has 3 fully saturated rings. The summed E-state index contributed by atoms with van der Waals surface area (Å²) in [4.78, 5) is 0. The molecule has 0 atom stereocenters. The Bertz CT molecular complexity index is 323. The van der Waals surface area contributed by atoms with Crippen LogP contribution >= 0.6 is 0 Å². The fraction of sp³-hybridized carbons (Fsp3) is 1.00. The molecule has 0 bridgehead atoms. The van der Waals surface area contributed by atoms with Crippen molar-refractivity contribution in [2.45, 2.75) is 134 Å². The third kappa shape index (κ3) is 7.50. The highest BCUT2D eigenvalue weighted by Gasteiger charge is 2.35. The molecular formula is C25H48OSi. The van der Waals surface area contributed by atoms with E-state index < -0.39 is 8.32 Å². The van der Waals surface area contributed by atoms with Crippen molar-refractivity contribution < 1.29 is 4.43 Å². The van der Waals surface area contributed by atoms with Crippen LogP contribution in [-0.4, -0.2) is 15.4 Å². The Labute approximate surface area is 171 Å². The predicted octanol–water partition coefficient (Wildman–Crippen LogP) is 8.49. The summed E-state index contributed by atoms with van der Waals surface area (Å²) in [6.07, 6.45) is 27.0. The summed E-state index contributed by atoms with van der Waals surface area (Å²) in [7, 11) is 0.585. The lowest BCUT2D eigenvalue weighted by atomic mass is 9.87. The molecule has 0 spiro atoms. The van der Waals surface area contributed by atoms with Crippen molar-refractivity contribution in [3.63, 3.8) is 0 Å². The van der Waals surface area contributed by atoms with Crippen molar-refractivity contribution in [3.05, 3.63) is 0 Å². The molecule has 0 heterocycles. The largest absolute Gasteiger partial charge is 0.420 e. The number of hydrogen-bond donors (Lipinski definition) is 0. The van der Waals surface area contributed by atoms with Crippen LogP contribution in [0.2, 0.25) is 18.1 Å². The summed E-state index contributed by atoms with van der Waals surface area (Å²) < 4.78 is 6.55. The minimum absolute atomic E-state index is 1.03. The summed E-state index contributed by atoms with van der Waals surface area (Å²) >= 11 is 0. The molecule has 0 unspecified atom stereocenters. The van der Waals surface area contributed by atoms with Crippen LogP contribution in [0, 0.1) is 17.8 Å². The van der Waals surface area contributed by atoms with Gasteiger partial charge in [0.25, 0.3) is 0 Å². The van der Waals surface area contributed by atoms with Gasteiger partial charge < -0.3 is 4.43 Å². The van der Waals surface area contributed by atoms with Crippen LogP contribution in [0.15, 0.2) is 0 Å². The smallest absolute Gasteiger partial charge is 0.192 e. The minimum Gasteiger partial charge on any atom is -0.420 e. The van der Waals surface area contributed by atoms with E-state index >= 15 is 0 Å². The van der Waals surface area contributed by atoms with E-state index in [9.17, 15) is 0 Å². The van der Waals surface area contributed by atoms with E-state index in [1.807, 2.05) is 0 Å². The summed E-state index contributed by atoms with van der Waals surface area (Å²) in [5.41, 5.74) is 0. The second-order valence-electron chi connectivity index (χ2n) is 10.5. The van der Waals surface area contributed by atoms with Crippen LogP contribution in [-0.2, 0) is 4.43 Å². The van der Waals surface area contributed by atoms with Gasteiger partial charge in [-0.3, -0.25) is 0 Å². The topological polar surface area (TPSA) is 9.23 Å². The van der Waals surface area contributed by atoms with Crippen molar-refractivity contribution in [2.75, 3.05) is 7.11 Å². The van der Waals surface area contributed by atoms with Gasteiger partial charge in [0.1, 0.15) is 0 Å². The van der Waals surface area contributed by atoms with Gasteiger partial charge in [-0.25, -0.2) is 0 Å². The zero-order chi connectivity index (χ0) is 18.8. The molecule has 0 saturated heterocycles. The highest BCUT2D eigenvalue weighted by molar-refractivity contribution is 6.73. The fourth-order valence-corrected chi connectivity index (χ4v) is 10.7. The monoisotopic (exact) mass is 392 g/mol. The molecule has 158 valence electrons. The highest BCUT2D eigenvalue weighted by atomic mass is 28.4. The normalized spacial score (nSPS) is 24.3. The first kappa shape index (κ1) is 21.9. The Kier molecular flexibility index (Phi) is 9.73. The van der Waals surface area contributed by atoms with Crippen LogP contribution in [0.3, 0.4) is 0 Å². The van der Waals surface area contributed by atoms with Crippen molar-refractivity contribution >= 4 is 8.32 Å². The van der Waals surface area contributed by atoms with Gasteiger partial charge in [0.15, 0.2) is 8.32 Å². The summed E-state index contributed by atoms with van der Waals surface area (Å²) in [5.74, 6) is 3.10. The Hall–Kier alpha value is 0.177. The Morgan fingerprint density at radius 3 is 1.07 bits per heavy atom. The third-order valence-electron chi connectivity index (χ3n) is 8.63. The Morgan fingerprint density at radius 1 is 0.519 bits per heavy atom. The summed E-state index contributed by atoms with van der Waals surface area (Å²) in [6.45, 7) is 0. The summed E-state index contributed by atoms with van der Waals surface area (Å²) in [6, 6.07) is 4.44. The average Bonchev–Trinajstić information content (AvgIpc) is 2.76. The molecular weight excluding hydrogens is 344 g/mol. The first-order valence-electron chi connectivity index (χ1n) is 12.8. The van der Waals surface area contributed by atoms with E-state index in [2.05, 4.69) is 7.11 Å². The number of hydrogen-bond acceptors (Lipinski definition) is 1. The van der Waals surface area contributed by atoms with Gasteiger partial charge in [-0.15, -0.1) is 0 Å². The van der Waals surface area contributed by atoms with Gasteiger partial charge in [-0.2, -0.15) is 0 Å². The van der Waals surface area contributed by atoms with Crippen molar-refractivity contribution in [2.24, 2.45) is 17.8 Å². The molecule has 3 aliphatic rings. The van der Waals surface area contributed by atoms with Crippen LogP contribution in [0.4, 0.5) is 0 Å². The van der Waals surface area contributed by atoms with Gasteiger partial charge in [-0.05, 0) is 35.9 Å². The lowest BCUT2D eigenvalue weighted by molar-refractivity contribution is 0.310. The van der Waals surface area contributed by atoms with Gasteiger partial charge in [0.05, 0.1) is 0 Å². The lowest BCUT2D eigenvalue weighted by Crippen LogP contribution is -2.38. The van der Waals surface area contributed by atoms with E-state index in [-0.39, 0.29) is 0 Å². The minimum atomic E-state index is -1.52. The average molecular weight is 393 g/mol. The number of rotatable bonds is 10. The quantitative estimate of drug-likeness (QED) is 0.339. The standard InChI is InChI=1S/C25H48OSi/c1-26-27(20-17-23-11-5-2-6-12-23,21-18-24-13-7-3-8-14-24)22-19-25-15-9-4-10-16-25/h23-25H,2-22H2,1H3. The van der Waals surface area contributed by atoms with Crippen LogP contribution in [0.25, 0.3) is 0 Å². The maximum Gasteiger partial charge on any atom is 0.192 e. The van der Waals surface area contributed by atoms with Crippen LogP contribution < -0.4 is 0 Å². The highest BCUT2D eigenvalue weighted by Crippen LogP contribution is 2.39. The maximum atomic E-state index is 6.55. The zero-order valence-electron chi connectivity index (χ0n) is 18.5. The molecule has 0 aromatic carbocycles. The Morgan fingerprint density at radius 2 is 0.815 bits per heavy atom. The molecule has 27 heavy (non-hydrogen) atoms.